The molecule has 1 amide bonds. The molecule has 25 heavy (non-hydrogen) atoms. The van der Waals surface area contributed by atoms with Gasteiger partial charge in [0, 0.05) is 36.9 Å². The maximum Gasteiger partial charge on any atom is 0.231 e. The molecule has 0 N–H and O–H groups in total. The van der Waals surface area contributed by atoms with E-state index in [0.29, 0.717) is 6.42 Å². The van der Waals surface area contributed by atoms with E-state index in [4.69, 9.17) is 9.47 Å². The van der Waals surface area contributed by atoms with Gasteiger partial charge in [-0.2, -0.15) is 11.8 Å². The van der Waals surface area contributed by atoms with E-state index in [-0.39, 0.29) is 18.6 Å². The van der Waals surface area contributed by atoms with E-state index in [9.17, 15) is 4.79 Å². The lowest BCUT2D eigenvalue weighted by atomic mass is 9.88. The standard InChI is InChI=1S/C20H21NO3S/c22-20(21-8-10-25-11-9-21)13-17(15-4-2-1-3-5-15)16-6-7-18-19(12-16)24-14-23-18/h1-7,12,17H,8-11,13-14H2. The van der Waals surface area contributed by atoms with Gasteiger partial charge >= 0.3 is 0 Å². The molecule has 2 heterocycles. The van der Waals surface area contributed by atoms with Crippen LogP contribution in [0, 0.1) is 0 Å². The van der Waals surface area contributed by atoms with Crippen LogP contribution in [0.4, 0.5) is 0 Å². The Morgan fingerprint density at radius 3 is 2.56 bits per heavy atom. The smallest absolute Gasteiger partial charge is 0.231 e. The summed E-state index contributed by atoms with van der Waals surface area (Å²) in [6.45, 7) is 1.97. The molecule has 5 heteroatoms. The van der Waals surface area contributed by atoms with Gasteiger partial charge in [0.25, 0.3) is 0 Å². The summed E-state index contributed by atoms with van der Waals surface area (Å²) in [4.78, 5) is 14.8. The number of carbonyl (C=O) groups is 1. The van der Waals surface area contributed by atoms with Gasteiger partial charge in [0.15, 0.2) is 11.5 Å². The van der Waals surface area contributed by atoms with Gasteiger partial charge in [-0.05, 0) is 23.3 Å². The lowest BCUT2D eigenvalue weighted by molar-refractivity contribution is -0.131. The quantitative estimate of drug-likeness (QED) is 0.841. The Bertz CT molecular complexity index is 744. The zero-order chi connectivity index (χ0) is 17.1. The van der Waals surface area contributed by atoms with Gasteiger partial charge in [-0.25, -0.2) is 0 Å². The number of carbonyl (C=O) groups excluding carboxylic acids is 1. The fraction of sp³-hybridized carbons (Fsp3) is 0.350. The molecule has 2 aromatic rings. The highest BCUT2D eigenvalue weighted by molar-refractivity contribution is 7.99. The number of hydrogen-bond donors (Lipinski definition) is 0. The third-order valence-electron chi connectivity index (χ3n) is 4.74. The molecule has 1 saturated heterocycles. The number of fused-ring (bicyclic) bond motifs is 1. The molecule has 130 valence electrons. The topological polar surface area (TPSA) is 38.8 Å². The number of nitrogens with zero attached hydrogens (tertiary/aromatic N) is 1. The van der Waals surface area contributed by atoms with Crippen molar-refractivity contribution in [2.75, 3.05) is 31.4 Å². The minimum atomic E-state index is 0.0257. The minimum absolute atomic E-state index is 0.0257. The molecule has 0 aliphatic carbocycles. The second-order valence-electron chi connectivity index (χ2n) is 6.27. The number of amides is 1. The Hall–Kier alpha value is -2.14. The molecule has 1 fully saturated rings. The van der Waals surface area contributed by atoms with Crippen LogP contribution in [0.15, 0.2) is 48.5 Å². The normalized spacial score (nSPS) is 17.4. The Labute approximate surface area is 152 Å². The zero-order valence-electron chi connectivity index (χ0n) is 14.0. The first-order valence-electron chi connectivity index (χ1n) is 8.61. The molecule has 4 nitrogen and oxygen atoms in total. The Morgan fingerprint density at radius 1 is 1.00 bits per heavy atom. The van der Waals surface area contributed by atoms with Crippen LogP contribution in [-0.4, -0.2) is 42.2 Å². The summed E-state index contributed by atoms with van der Waals surface area (Å²) in [5.74, 6) is 3.86. The van der Waals surface area contributed by atoms with Gasteiger partial charge in [0.2, 0.25) is 12.7 Å². The van der Waals surface area contributed by atoms with Gasteiger partial charge in [-0.1, -0.05) is 36.4 Å². The molecule has 2 aliphatic heterocycles. The van der Waals surface area contributed by atoms with Crippen molar-refractivity contribution in [1.29, 1.82) is 0 Å². The summed E-state index contributed by atoms with van der Waals surface area (Å²) in [6, 6.07) is 16.2. The number of hydrogen-bond acceptors (Lipinski definition) is 4. The summed E-state index contributed by atoms with van der Waals surface area (Å²) < 4.78 is 10.9. The van der Waals surface area contributed by atoms with E-state index in [2.05, 4.69) is 12.1 Å². The highest BCUT2D eigenvalue weighted by Crippen LogP contribution is 2.37. The molecular weight excluding hydrogens is 334 g/mol. The average molecular weight is 355 g/mol. The van der Waals surface area contributed by atoms with Gasteiger partial charge in [0.1, 0.15) is 0 Å². The van der Waals surface area contributed by atoms with Crippen molar-refractivity contribution >= 4 is 17.7 Å². The van der Waals surface area contributed by atoms with E-state index in [0.717, 1.165) is 47.2 Å². The summed E-state index contributed by atoms with van der Waals surface area (Å²) in [6.07, 6.45) is 0.480. The van der Waals surface area contributed by atoms with Crippen molar-refractivity contribution in [2.24, 2.45) is 0 Å². The predicted octanol–water partition coefficient (Wildman–Crippen LogP) is 3.51. The maximum atomic E-state index is 12.8. The van der Waals surface area contributed by atoms with Crippen molar-refractivity contribution in [3.05, 3.63) is 59.7 Å². The average Bonchev–Trinajstić information content (AvgIpc) is 3.15. The lowest BCUT2D eigenvalue weighted by Crippen LogP contribution is -2.38. The lowest BCUT2D eigenvalue weighted by Gasteiger charge is -2.28. The molecule has 1 unspecified atom stereocenters. The summed E-state index contributed by atoms with van der Waals surface area (Å²) in [5, 5.41) is 0. The summed E-state index contributed by atoms with van der Waals surface area (Å²) in [5.41, 5.74) is 2.25. The largest absolute Gasteiger partial charge is 0.454 e. The first-order chi connectivity index (χ1) is 12.3. The molecule has 4 rings (SSSR count). The highest BCUT2D eigenvalue weighted by Gasteiger charge is 2.25. The van der Waals surface area contributed by atoms with Crippen LogP contribution in [-0.2, 0) is 4.79 Å². The van der Waals surface area contributed by atoms with Crippen molar-refractivity contribution in [3.63, 3.8) is 0 Å². The van der Waals surface area contributed by atoms with E-state index in [1.807, 2.05) is 53.1 Å². The fourth-order valence-corrected chi connectivity index (χ4v) is 4.26. The van der Waals surface area contributed by atoms with Gasteiger partial charge in [-0.3, -0.25) is 4.79 Å². The third-order valence-corrected chi connectivity index (χ3v) is 5.69. The van der Waals surface area contributed by atoms with Crippen molar-refractivity contribution in [3.8, 4) is 11.5 Å². The van der Waals surface area contributed by atoms with E-state index in [1.54, 1.807) is 0 Å². The van der Waals surface area contributed by atoms with E-state index >= 15 is 0 Å². The third kappa shape index (κ3) is 3.61. The monoisotopic (exact) mass is 355 g/mol. The summed E-state index contributed by atoms with van der Waals surface area (Å²) >= 11 is 1.92. The Balaban J connectivity index is 1.61. The molecule has 0 radical (unpaired) electrons. The summed E-state index contributed by atoms with van der Waals surface area (Å²) in [7, 11) is 0. The number of benzene rings is 2. The fourth-order valence-electron chi connectivity index (χ4n) is 3.36. The van der Waals surface area contributed by atoms with Crippen LogP contribution >= 0.6 is 11.8 Å². The van der Waals surface area contributed by atoms with Crippen LogP contribution in [0.5, 0.6) is 11.5 Å². The van der Waals surface area contributed by atoms with Gasteiger partial charge in [0.05, 0.1) is 0 Å². The Kier molecular flexibility index (Phi) is 4.83. The van der Waals surface area contributed by atoms with E-state index < -0.39 is 0 Å². The second-order valence-corrected chi connectivity index (χ2v) is 7.50. The van der Waals surface area contributed by atoms with Crippen LogP contribution in [0.1, 0.15) is 23.5 Å². The van der Waals surface area contributed by atoms with Crippen molar-refractivity contribution in [2.45, 2.75) is 12.3 Å². The number of rotatable bonds is 4. The van der Waals surface area contributed by atoms with Gasteiger partial charge in [-0.15, -0.1) is 0 Å². The molecule has 0 aromatic heterocycles. The Morgan fingerprint density at radius 2 is 1.76 bits per heavy atom. The maximum absolute atomic E-state index is 12.8. The molecule has 1 atom stereocenters. The van der Waals surface area contributed by atoms with E-state index in [1.165, 1.54) is 0 Å². The SMILES string of the molecule is O=C(CC(c1ccccc1)c1ccc2c(c1)OCO2)N1CCSCC1. The second kappa shape index (κ2) is 7.40. The first kappa shape index (κ1) is 16.3. The molecule has 0 spiro atoms. The van der Waals surface area contributed by atoms with Crippen LogP contribution in [0.2, 0.25) is 0 Å². The zero-order valence-corrected chi connectivity index (χ0v) is 14.8. The van der Waals surface area contributed by atoms with Crippen LogP contribution < -0.4 is 9.47 Å². The highest BCUT2D eigenvalue weighted by atomic mass is 32.2. The number of thioether (sulfide) groups is 1. The van der Waals surface area contributed by atoms with Crippen LogP contribution in [0.3, 0.4) is 0 Å². The molecule has 0 saturated carbocycles. The van der Waals surface area contributed by atoms with Crippen molar-refractivity contribution < 1.29 is 14.3 Å². The van der Waals surface area contributed by atoms with Crippen molar-refractivity contribution in [1.82, 2.24) is 4.90 Å². The van der Waals surface area contributed by atoms with Crippen LogP contribution in [0.25, 0.3) is 0 Å². The predicted molar refractivity (Wildman–Crippen MR) is 99.4 cm³/mol. The molecule has 2 aromatic carbocycles. The van der Waals surface area contributed by atoms with Gasteiger partial charge < -0.3 is 14.4 Å². The molecule has 0 bridgehead atoms. The minimum Gasteiger partial charge on any atom is -0.454 e. The molecular formula is C20H21NO3S. The first-order valence-corrected chi connectivity index (χ1v) is 9.77. The molecule has 2 aliphatic rings. The number of ether oxygens (including phenoxy) is 2.